The second-order valence-electron chi connectivity index (χ2n) is 6.80. The normalized spacial score (nSPS) is 13.8. The Bertz CT molecular complexity index is 1230. The fraction of sp³-hybridized carbons (Fsp3) is 0.200. The monoisotopic (exact) mass is 346 g/mol. The van der Waals surface area contributed by atoms with Gasteiger partial charge in [0.25, 0.3) is 0 Å². The molecule has 6 nitrogen and oxygen atoms in total. The molecule has 0 saturated carbocycles. The van der Waals surface area contributed by atoms with Gasteiger partial charge in [-0.05, 0) is 62.1 Å². The third-order valence-electron chi connectivity index (χ3n) is 4.97. The highest BCUT2D eigenvalue weighted by Gasteiger charge is 2.15. The minimum absolute atomic E-state index is 0.108. The fourth-order valence-electron chi connectivity index (χ4n) is 3.61. The van der Waals surface area contributed by atoms with Gasteiger partial charge < -0.3 is 20.1 Å². The van der Waals surface area contributed by atoms with Crippen molar-refractivity contribution in [2.75, 3.05) is 0 Å². The Morgan fingerprint density at radius 2 is 1.38 bits per heavy atom. The van der Waals surface area contributed by atoms with Crippen LogP contribution >= 0.6 is 0 Å². The summed E-state index contributed by atoms with van der Waals surface area (Å²) in [6.45, 7) is 0. The Morgan fingerprint density at radius 3 is 2.12 bits per heavy atom. The summed E-state index contributed by atoms with van der Waals surface area (Å²) in [5, 5.41) is 10.6. The highest BCUT2D eigenvalue weighted by Crippen LogP contribution is 2.24. The number of aromatic nitrogens is 4. The first-order chi connectivity index (χ1) is 12.7. The van der Waals surface area contributed by atoms with Crippen LogP contribution in [0.4, 0.5) is 0 Å². The number of aromatic amines is 3. The molecule has 6 heteroatoms. The first-order valence-corrected chi connectivity index (χ1v) is 8.77. The van der Waals surface area contributed by atoms with Crippen molar-refractivity contribution in [2.24, 2.45) is 0 Å². The molecular weight excluding hydrogens is 328 g/mol. The van der Waals surface area contributed by atoms with Gasteiger partial charge in [-0.25, -0.2) is 4.98 Å². The second-order valence-corrected chi connectivity index (χ2v) is 6.80. The van der Waals surface area contributed by atoms with Crippen LogP contribution in [0, 0.1) is 0 Å². The topological polar surface area (TPSA) is 97.6 Å². The minimum Gasteiger partial charge on any atom is -0.504 e. The van der Waals surface area contributed by atoms with E-state index in [0.29, 0.717) is 35.3 Å². The lowest BCUT2D eigenvalue weighted by Crippen LogP contribution is -2.05. The smallest absolute Gasteiger partial charge is 0.223 e. The van der Waals surface area contributed by atoms with E-state index in [1.54, 1.807) is 6.07 Å². The third-order valence-corrected chi connectivity index (χ3v) is 4.97. The zero-order valence-corrected chi connectivity index (χ0v) is 14.1. The third kappa shape index (κ3) is 2.50. The van der Waals surface area contributed by atoms with E-state index in [9.17, 15) is 9.90 Å². The van der Waals surface area contributed by atoms with Crippen LogP contribution in [0.1, 0.15) is 22.8 Å². The number of rotatable bonds is 0. The van der Waals surface area contributed by atoms with Gasteiger partial charge in [0.1, 0.15) is 0 Å². The van der Waals surface area contributed by atoms with Crippen molar-refractivity contribution in [3.63, 3.8) is 0 Å². The van der Waals surface area contributed by atoms with E-state index < -0.39 is 0 Å². The maximum absolute atomic E-state index is 12.7. The summed E-state index contributed by atoms with van der Waals surface area (Å²) in [5.74, 6) is 0.108. The van der Waals surface area contributed by atoms with E-state index in [2.05, 4.69) is 26.0 Å². The Morgan fingerprint density at radius 1 is 0.769 bits per heavy atom. The molecule has 130 valence electrons. The molecule has 3 aromatic heterocycles. The molecule has 0 spiro atoms. The van der Waals surface area contributed by atoms with Crippen LogP contribution in [0.25, 0.3) is 22.1 Å². The van der Waals surface area contributed by atoms with Gasteiger partial charge in [0.05, 0.1) is 22.4 Å². The maximum atomic E-state index is 12.7. The van der Waals surface area contributed by atoms with Crippen LogP contribution in [-0.4, -0.2) is 25.0 Å². The lowest BCUT2D eigenvalue weighted by molar-refractivity contribution is 0.472. The first kappa shape index (κ1) is 15.0. The van der Waals surface area contributed by atoms with E-state index >= 15 is 0 Å². The lowest BCUT2D eigenvalue weighted by atomic mass is 10.2. The van der Waals surface area contributed by atoms with E-state index in [1.807, 2.05) is 24.3 Å². The minimum atomic E-state index is -0.114. The van der Waals surface area contributed by atoms with Crippen molar-refractivity contribution in [3.05, 3.63) is 69.4 Å². The predicted octanol–water partition coefficient (Wildman–Crippen LogP) is 2.88. The SMILES string of the molecule is O=c1c2nc(c(O)c3ccc(cc4[nH]c(cc5ccc1[nH]5)CC4)[nH]3)CC2. The quantitative estimate of drug-likeness (QED) is 0.504. The van der Waals surface area contributed by atoms with Crippen molar-refractivity contribution in [2.45, 2.75) is 25.7 Å². The zero-order chi connectivity index (χ0) is 17.7. The summed E-state index contributed by atoms with van der Waals surface area (Å²) < 4.78 is 0. The molecule has 0 amide bonds. The van der Waals surface area contributed by atoms with E-state index in [-0.39, 0.29) is 11.2 Å². The summed E-state index contributed by atoms with van der Waals surface area (Å²) in [6, 6.07) is 11.6. The molecule has 0 unspecified atom stereocenters. The van der Waals surface area contributed by atoms with Crippen molar-refractivity contribution < 1.29 is 5.11 Å². The Hall–Kier alpha value is -3.28. The molecule has 0 aliphatic carbocycles. The van der Waals surface area contributed by atoms with Gasteiger partial charge >= 0.3 is 0 Å². The Labute approximate surface area is 148 Å². The van der Waals surface area contributed by atoms with Crippen LogP contribution < -0.4 is 5.43 Å². The van der Waals surface area contributed by atoms with Crippen molar-refractivity contribution >= 4 is 22.1 Å². The summed E-state index contributed by atoms with van der Waals surface area (Å²) in [7, 11) is 0. The molecule has 26 heavy (non-hydrogen) atoms. The average Bonchev–Trinajstić information content (AvgIpc) is 3.41. The highest BCUT2D eigenvalue weighted by atomic mass is 16.3. The maximum Gasteiger partial charge on any atom is 0.223 e. The molecule has 0 saturated heterocycles. The summed E-state index contributed by atoms with van der Waals surface area (Å²) >= 11 is 0. The van der Waals surface area contributed by atoms with Crippen LogP contribution in [0.15, 0.2) is 41.2 Å². The molecule has 0 aromatic carbocycles. The molecule has 3 aromatic rings. The average molecular weight is 346 g/mol. The van der Waals surface area contributed by atoms with Gasteiger partial charge in [-0.15, -0.1) is 0 Å². The summed E-state index contributed by atoms with van der Waals surface area (Å²) in [4.78, 5) is 26.9. The molecule has 4 N–H and O–H groups in total. The number of nitrogens with one attached hydrogen (secondary N) is 3. The van der Waals surface area contributed by atoms with Crippen LogP contribution in [0.5, 0.6) is 5.75 Å². The van der Waals surface area contributed by atoms with Crippen molar-refractivity contribution in [3.8, 4) is 5.75 Å². The number of aryl methyl sites for hydroxylation is 4. The van der Waals surface area contributed by atoms with Gasteiger partial charge in [-0.2, -0.15) is 0 Å². The Kier molecular flexibility index (Phi) is 3.25. The molecule has 5 rings (SSSR count). The molecule has 2 aliphatic heterocycles. The van der Waals surface area contributed by atoms with Crippen LogP contribution in [-0.2, 0) is 25.7 Å². The Balaban J connectivity index is 1.90. The fourth-order valence-corrected chi connectivity index (χ4v) is 3.61. The number of aromatic hydroxyl groups is 1. The molecule has 0 atom stereocenters. The van der Waals surface area contributed by atoms with Gasteiger partial charge in [0, 0.05) is 22.4 Å². The van der Waals surface area contributed by atoms with E-state index in [0.717, 1.165) is 35.3 Å². The van der Waals surface area contributed by atoms with Gasteiger partial charge in [-0.3, -0.25) is 4.79 Å². The zero-order valence-electron chi connectivity index (χ0n) is 14.1. The number of hydrogen-bond acceptors (Lipinski definition) is 3. The first-order valence-electron chi connectivity index (χ1n) is 8.77. The summed E-state index contributed by atoms with van der Waals surface area (Å²) in [6.07, 6.45) is 2.94. The molecular formula is C20H18N4O2. The van der Waals surface area contributed by atoms with Crippen molar-refractivity contribution in [1.82, 2.24) is 19.9 Å². The van der Waals surface area contributed by atoms with Crippen LogP contribution in [0.2, 0.25) is 0 Å². The summed E-state index contributed by atoms with van der Waals surface area (Å²) in [5.41, 5.74) is 6.10. The predicted molar refractivity (Wildman–Crippen MR) is 100 cm³/mol. The number of fused-ring (bicyclic) bond motifs is 8. The number of H-pyrrole nitrogens is 3. The molecule has 0 radical (unpaired) electrons. The molecule has 5 heterocycles. The van der Waals surface area contributed by atoms with Crippen LogP contribution in [0.3, 0.4) is 0 Å². The largest absolute Gasteiger partial charge is 0.504 e. The second kappa shape index (κ2) is 5.62. The van der Waals surface area contributed by atoms with E-state index in [1.165, 1.54) is 0 Å². The molecule has 8 bridgehead atoms. The van der Waals surface area contributed by atoms with Gasteiger partial charge in [0.2, 0.25) is 5.43 Å². The highest BCUT2D eigenvalue weighted by molar-refractivity contribution is 5.67. The van der Waals surface area contributed by atoms with Gasteiger partial charge in [-0.1, -0.05) is 0 Å². The van der Waals surface area contributed by atoms with Crippen molar-refractivity contribution in [1.29, 1.82) is 0 Å². The number of hydrogen-bond donors (Lipinski definition) is 4. The standard InChI is InChI=1S/C20H18N4O2/c25-19-15-5-3-13(22-15)9-11-1-2-12(21-11)10-14-4-6-16(23-14)20(26)18-8-7-17(19)24-18/h3-6,9-10,21-23,25H,1-2,7-8H2. The number of nitrogens with zero attached hydrogens (tertiary/aromatic N) is 1. The van der Waals surface area contributed by atoms with E-state index in [4.69, 9.17) is 0 Å². The lowest BCUT2D eigenvalue weighted by Gasteiger charge is -1.93. The molecule has 0 fully saturated rings. The van der Waals surface area contributed by atoms with Gasteiger partial charge in [0.15, 0.2) is 5.75 Å². The molecule has 2 aliphatic rings.